The lowest BCUT2D eigenvalue weighted by Gasteiger charge is -2.17. The normalized spacial score (nSPS) is 11.8. The van der Waals surface area contributed by atoms with Gasteiger partial charge in [0.1, 0.15) is 11.8 Å². The first kappa shape index (κ1) is 20.0. The fourth-order valence-electron chi connectivity index (χ4n) is 2.82. The second-order valence-corrected chi connectivity index (χ2v) is 6.91. The molecule has 2 N–H and O–H groups in total. The Balaban J connectivity index is 1.67. The van der Waals surface area contributed by atoms with Crippen molar-refractivity contribution in [1.82, 2.24) is 10.3 Å². The number of nitrogens with one attached hydrogen (secondary N) is 2. The molecule has 1 heterocycles. The second-order valence-electron chi connectivity index (χ2n) is 6.07. The Kier molecular flexibility index (Phi) is 6.44. The Morgan fingerprint density at radius 3 is 2.75 bits per heavy atom. The van der Waals surface area contributed by atoms with Crippen LogP contribution in [-0.2, 0) is 20.7 Å². The number of hydrogen-bond acceptors (Lipinski definition) is 4. The lowest BCUT2D eigenvalue weighted by molar-refractivity contribution is -0.145. The van der Waals surface area contributed by atoms with Gasteiger partial charge in [-0.15, -0.1) is 0 Å². The van der Waals surface area contributed by atoms with Gasteiger partial charge in [-0.25, -0.2) is 4.79 Å². The van der Waals surface area contributed by atoms with Crippen LogP contribution in [0, 0.1) is 0 Å². The first-order chi connectivity index (χ1) is 13.5. The molecule has 0 aliphatic rings. The highest BCUT2D eigenvalue weighted by molar-refractivity contribution is 6.34. The van der Waals surface area contributed by atoms with E-state index in [4.69, 9.17) is 32.7 Å². The van der Waals surface area contributed by atoms with Crippen LogP contribution in [-0.4, -0.2) is 36.6 Å². The first-order valence-corrected chi connectivity index (χ1v) is 9.23. The minimum absolute atomic E-state index is 0.278. The van der Waals surface area contributed by atoms with Crippen molar-refractivity contribution >= 4 is 46.0 Å². The van der Waals surface area contributed by atoms with E-state index in [1.54, 1.807) is 12.1 Å². The lowest BCUT2D eigenvalue weighted by atomic mass is 10.0. The van der Waals surface area contributed by atoms with Gasteiger partial charge in [-0.05, 0) is 23.8 Å². The average molecular weight is 421 g/mol. The number of methoxy groups -OCH3 is 1. The zero-order chi connectivity index (χ0) is 20.1. The van der Waals surface area contributed by atoms with Crippen molar-refractivity contribution in [1.29, 1.82) is 0 Å². The molecular weight excluding hydrogens is 403 g/mol. The molecule has 3 rings (SSSR count). The monoisotopic (exact) mass is 420 g/mol. The molecule has 0 spiro atoms. The highest BCUT2D eigenvalue weighted by atomic mass is 35.5. The number of esters is 1. The maximum absolute atomic E-state index is 12.3. The fourth-order valence-corrected chi connectivity index (χ4v) is 3.16. The van der Waals surface area contributed by atoms with Crippen molar-refractivity contribution in [2.45, 2.75) is 12.5 Å². The average Bonchev–Trinajstić information content (AvgIpc) is 3.10. The summed E-state index contributed by atoms with van der Waals surface area (Å²) < 4.78 is 10.2. The minimum Gasteiger partial charge on any atom is -0.482 e. The third-order valence-corrected chi connectivity index (χ3v) is 4.72. The van der Waals surface area contributed by atoms with Crippen LogP contribution in [0.4, 0.5) is 0 Å². The molecule has 0 bridgehead atoms. The molecular formula is C20H18Cl2N2O4. The topological polar surface area (TPSA) is 80.4 Å². The van der Waals surface area contributed by atoms with E-state index in [0.717, 1.165) is 16.5 Å². The Hall–Kier alpha value is -2.70. The van der Waals surface area contributed by atoms with Crippen LogP contribution in [0.25, 0.3) is 10.9 Å². The summed E-state index contributed by atoms with van der Waals surface area (Å²) in [6.07, 6.45) is 2.09. The number of rotatable bonds is 7. The maximum Gasteiger partial charge on any atom is 0.328 e. The van der Waals surface area contributed by atoms with Gasteiger partial charge in [-0.3, -0.25) is 4.79 Å². The zero-order valence-electron chi connectivity index (χ0n) is 15.0. The summed E-state index contributed by atoms with van der Waals surface area (Å²) in [7, 11) is 1.28. The van der Waals surface area contributed by atoms with E-state index in [-0.39, 0.29) is 18.8 Å². The molecule has 1 amide bonds. The number of halogens is 2. The number of carbonyl (C=O) groups is 2. The molecule has 146 valence electrons. The largest absolute Gasteiger partial charge is 0.482 e. The standard InChI is InChI=1S/C20H18Cl2N2O4/c1-27-20(26)17(8-12-10-23-16-5-3-2-4-14(12)16)24-19(25)11-28-18-9-13(21)6-7-15(18)22/h2-7,9-10,17,23H,8,11H2,1H3,(H,24,25). The zero-order valence-corrected chi connectivity index (χ0v) is 16.5. The molecule has 0 radical (unpaired) electrons. The van der Waals surface area contributed by atoms with E-state index >= 15 is 0 Å². The molecule has 2 aromatic carbocycles. The summed E-state index contributed by atoms with van der Waals surface area (Å²) in [5.74, 6) is -0.735. The second kappa shape index (κ2) is 8.99. The van der Waals surface area contributed by atoms with Crippen molar-refractivity contribution in [3.05, 3.63) is 64.3 Å². The number of fused-ring (bicyclic) bond motifs is 1. The molecule has 0 aliphatic heterocycles. The summed E-state index contributed by atoms with van der Waals surface area (Å²) in [6.45, 7) is -0.318. The molecule has 28 heavy (non-hydrogen) atoms. The van der Waals surface area contributed by atoms with Crippen molar-refractivity contribution in [3.8, 4) is 5.75 Å². The highest BCUT2D eigenvalue weighted by Gasteiger charge is 2.23. The number of aromatic nitrogens is 1. The number of amides is 1. The number of H-pyrrole nitrogens is 1. The number of hydrogen-bond donors (Lipinski definition) is 2. The van der Waals surface area contributed by atoms with Crippen LogP contribution >= 0.6 is 23.2 Å². The third-order valence-electron chi connectivity index (χ3n) is 4.17. The highest BCUT2D eigenvalue weighted by Crippen LogP contribution is 2.27. The van der Waals surface area contributed by atoms with Crippen molar-refractivity contribution in [2.24, 2.45) is 0 Å². The van der Waals surface area contributed by atoms with Crippen LogP contribution in [0.3, 0.4) is 0 Å². The number of ether oxygens (including phenoxy) is 2. The smallest absolute Gasteiger partial charge is 0.328 e. The molecule has 1 unspecified atom stereocenters. The van der Waals surface area contributed by atoms with Gasteiger partial charge in [0.2, 0.25) is 0 Å². The third kappa shape index (κ3) is 4.77. The van der Waals surface area contributed by atoms with Gasteiger partial charge in [0.15, 0.2) is 6.61 Å². The van der Waals surface area contributed by atoms with Crippen molar-refractivity contribution in [3.63, 3.8) is 0 Å². The van der Waals surface area contributed by atoms with Gasteiger partial charge in [0.25, 0.3) is 5.91 Å². The number of aromatic amines is 1. The molecule has 0 saturated heterocycles. The maximum atomic E-state index is 12.3. The van der Waals surface area contributed by atoms with Gasteiger partial charge in [-0.1, -0.05) is 41.4 Å². The molecule has 0 saturated carbocycles. The van der Waals surface area contributed by atoms with Gasteiger partial charge in [0, 0.05) is 34.6 Å². The predicted octanol–water partition coefficient (Wildman–Crippen LogP) is 3.75. The molecule has 1 aromatic heterocycles. The Morgan fingerprint density at radius 2 is 1.96 bits per heavy atom. The number of carbonyl (C=O) groups excluding carboxylic acids is 2. The lowest BCUT2D eigenvalue weighted by Crippen LogP contribution is -2.44. The molecule has 0 fully saturated rings. The van der Waals surface area contributed by atoms with E-state index in [9.17, 15) is 9.59 Å². The van der Waals surface area contributed by atoms with Gasteiger partial charge >= 0.3 is 5.97 Å². The number of benzene rings is 2. The van der Waals surface area contributed by atoms with E-state index in [1.165, 1.54) is 13.2 Å². The number of para-hydroxylation sites is 1. The molecule has 1 atom stereocenters. The van der Waals surface area contributed by atoms with Gasteiger partial charge < -0.3 is 19.8 Å². The predicted molar refractivity (Wildman–Crippen MR) is 108 cm³/mol. The Bertz CT molecular complexity index is 1000. The summed E-state index contributed by atoms with van der Waals surface area (Å²) >= 11 is 11.9. The van der Waals surface area contributed by atoms with Crippen LogP contribution in [0.1, 0.15) is 5.56 Å². The van der Waals surface area contributed by atoms with Crippen molar-refractivity contribution in [2.75, 3.05) is 13.7 Å². The summed E-state index contributed by atoms with van der Waals surface area (Å²) in [6, 6.07) is 11.6. The summed E-state index contributed by atoms with van der Waals surface area (Å²) in [5, 5.41) is 4.40. The van der Waals surface area contributed by atoms with Gasteiger partial charge in [0.05, 0.1) is 12.1 Å². The Labute approximate surface area is 171 Å². The summed E-state index contributed by atoms with van der Waals surface area (Å²) in [4.78, 5) is 27.6. The molecule has 8 heteroatoms. The first-order valence-electron chi connectivity index (χ1n) is 8.48. The quantitative estimate of drug-likeness (QED) is 0.570. The fraction of sp³-hybridized carbons (Fsp3) is 0.200. The molecule has 3 aromatic rings. The van der Waals surface area contributed by atoms with E-state index in [0.29, 0.717) is 10.0 Å². The van der Waals surface area contributed by atoms with Crippen LogP contribution in [0.15, 0.2) is 48.7 Å². The summed E-state index contributed by atoms with van der Waals surface area (Å²) in [5.41, 5.74) is 1.84. The van der Waals surface area contributed by atoms with Crippen LogP contribution in [0.2, 0.25) is 10.0 Å². The van der Waals surface area contributed by atoms with E-state index in [2.05, 4.69) is 10.3 Å². The van der Waals surface area contributed by atoms with Crippen molar-refractivity contribution < 1.29 is 19.1 Å². The minimum atomic E-state index is -0.852. The SMILES string of the molecule is COC(=O)C(Cc1c[nH]c2ccccc12)NC(=O)COc1cc(Cl)ccc1Cl. The van der Waals surface area contributed by atoms with Crippen LogP contribution < -0.4 is 10.1 Å². The molecule has 0 aliphatic carbocycles. The Morgan fingerprint density at radius 1 is 1.18 bits per heavy atom. The molecule has 6 nitrogen and oxygen atoms in total. The van der Waals surface area contributed by atoms with E-state index < -0.39 is 17.9 Å². The van der Waals surface area contributed by atoms with Crippen LogP contribution in [0.5, 0.6) is 5.75 Å². The van der Waals surface area contributed by atoms with Gasteiger partial charge in [-0.2, -0.15) is 0 Å². The van der Waals surface area contributed by atoms with E-state index in [1.807, 2.05) is 30.5 Å².